The molecule has 0 atom stereocenters. The molecule has 1 aromatic heterocycles. The van der Waals surface area contributed by atoms with Crippen LogP contribution in [0, 0.1) is 0 Å². The van der Waals surface area contributed by atoms with E-state index in [4.69, 9.17) is 15.2 Å². The molecular weight excluding hydrogens is 244 g/mol. The largest absolute Gasteiger partial charge is 0.399 e. The molecule has 0 radical (unpaired) electrons. The van der Waals surface area contributed by atoms with Crippen LogP contribution >= 0.6 is 0 Å². The molecule has 106 valence electrons. The van der Waals surface area contributed by atoms with Crippen molar-refractivity contribution >= 4 is 17.3 Å². The minimum atomic E-state index is -0.293. The summed E-state index contributed by atoms with van der Waals surface area (Å²) in [5.74, 6) is 1.69. The highest BCUT2D eigenvalue weighted by Gasteiger charge is 2.15. The summed E-state index contributed by atoms with van der Waals surface area (Å²) < 4.78 is 10.3. The van der Waals surface area contributed by atoms with E-state index in [1.165, 1.54) is 12.8 Å². The van der Waals surface area contributed by atoms with E-state index in [9.17, 15) is 0 Å². The summed E-state index contributed by atoms with van der Waals surface area (Å²) in [6.45, 7) is 2.63. The molecule has 0 bridgehead atoms. The molecule has 0 unspecified atom stereocenters. The van der Waals surface area contributed by atoms with Gasteiger partial charge in [0.2, 0.25) is 0 Å². The molecule has 1 fully saturated rings. The van der Waals surface area contributed by atoms with Crippen molar-refractivity contribution < 1.29 is 9.47 Å². The van der Waals surface area contributed by atoms with E-state index in [2.05, 4.69) is 15.2 Å². The van der Waals surface area contributed by atoms with Gasteiger partial charge in [-0.1, -0.05) is 0 Å². The molecule has 1 aliphatic rings. The molecule has 19 heavy (non-hydrogen) atoms. The van der Waals surface area contributed by atoms with E-state index >= 15 is 0 Å². The fourth-order valence-electron chi connectivity index (χ4n) is 2.19. The maximum atomic E-state index is 5.93. The monoisotopic (exact) mass is 266 g/mol. The van der Waals surface area contributed by atoms with Crippen LogP contribution in [-0.2, 0) is 9.47 Å². The molecule has 6 nitrogen and oxygen atoms in total. The molecule has 3 N–H and O–H groups in total. The van der Waals surface area contributed by atoms with Gasteiger partial charge in [-0.25, -0.2) is 4.98 Å². The highest BCUT2D eigenvalue weighted by atomic mass is 16.7. The number of hydrogen-bond donors (Lipinski definition) is 2. The van der Waals surface area contributed by atoms with Crippen molar-refractivity contribution in [3.05, 3.63) is 12.1 Å². The van der Waals surface area contributed by atoms with Crippen LogP contribution in [0.3, 0.4) is 0 Å². The maximum Gasteiger partial charge on any atom is 0.173 e. The zero-order chi connectivity index (χ0) is 13.7. The number of hydrogen-bond acceptors (Lipinski definition) is 6. The Morgan fingerprint density at radius 1 is 1.32 bits per heavy atom. The number of pyridine rings is 1. The lowest BCUT2D eigenvalue weighted by atomic mass is 10.3. The predicted octanol–water partition coefficient (Wildman–Crippen LogP) is 1.29. The lowest BCUT2D eigenvalue weighted by molar-refractivity contribution is -0.0914. The fourth-order valence-corrected chi connectivity index (χ4v) is 2.19. The summed E-state index contributed by atoms with van der Waals surface area (Å²) in [6.07, 6.45) is 2.14. The summed E-state index contributed by atoms with van der Waals surface area (Å²) in [4.78, 5) is 6.84. The molecule has 0 aliphatic carbocycles. The van der Waals surface area contributed by atoms with Crippen LogP contribution in [0.4, 0.5) is 17.3 Å². The Labute approximate surface area is 113 Å². The van der Waals surface area contributed by atoms with E-state index in [1.54, 1.807) is 14.2 Å². The Balaban J connectivity index is 2.03. The van der Waals surface area contributed by atoms with Crippen LogP contribution in [0.2, 0.25) is 0 Å². The standard InChI is InChI=1S/C13H22N4O2/c1-18-13(19-2)9-15-11-7-10(14)8-12(16-11)17-5-3-4-6-17/h7-8,13H,3-6,9H2,1-2H3,(H3,14,15,16). The first-order chi connectivity index (χ1) is 9.22. The normalized spacial score (nSPS) is 15.2. The zero-order valence-electron chi connectivity index (χ0n) is 11.6. The highest BCUT2D eigenvalue weighted by molar-refractivity contribution is 5.59. The zero-order valence-corrected chi connectivity index (χ0v) is 11.6. The van der Waals surface area contributed by atoms with Crippen LogP contribution in [-0.4, -0.2) is 45.1 Å². The molecule has 0 spiro atoms. The van der Waals surface area contributed by atoms with Crippen LogP contribution in [0.25, 0.3) is 0 Å². The topological polar surface area (TPSA) is 72.6 Å². The van der Waals surface area contributed by atoms with Crippen LogP contribution < -0.4 is 16.0 Å². The number of nitrogens with two attached hydrogens (primary N) is 1. The van der Waals surface area contributed by atoms with Crippen LogP contribution in [0.15, 0.2) is 12.1 Å². The van der Waals surface area contributed by atoms with Gasteiger partial charge in [0, 0.05) is 45.1 Å². The van der Waals surface area contributed by atoms with Gasteiger partial charge in [0.15, 0.2) is 6.29 Å². The Morgan fingerprint density at radius 2 is 2.00 bits per heavy atom. The maximum absolute atomic E-state index is 5.93. The third-order valence-corrected chi connectivity index (χ3v) is 3.24. The van der Waals surface area contributed by atoms with Crippen LogP contribution in [0.5, 0.6) is 0 Å². The first kappa shape index (κ1) is 13.9. The van der Waals surface area contributed by atoms with Gasteiger partial charge in [0.05, 0.1) is 6.54 Å². The Kier molecular flexibility index (Phi) is 4.81. The van der Waals surface area contributed by atoms with Gasteiger partial charge in [-0.15, -0.1) is 0 Å². The van der Waals surface area contributed by atoms with Gasteiger partial charge >= 0.3 is 0 Å². The van der Waals surface area contributed by atoms with Crippen LogP contribution in [0.1, 0.15) is 12.8 Å². The smallest absolute Gasteiger partial charge is 0.173 e. The van der Waals surface area contributed by atoms with Gasteiger partial charge in [-0.2, -0.15) is 0 Å². The first-order valence-corrected chi connectivity index (χ1v) is 6.55. The number of nitrogens with zero attached hydrogens (tertiary/aromatic N) is 2. The SMILES string of the molecule is COC(CNc1cc(N)cc(N2CCCC2)n1)OC. The van der Waals surface area contributed by atoms with E-state index in [0.29, 0.717) is 12.2 Å². The second kappa shape index (κ2) is 6.58. The molecule has 6 heteroatoms. The summed E-state index contributed by atoms with van der Waals surface area (Å²) in [5, 5.41) is 3.18. The first-order valence-electron chi connectivity index (χ1n) is 6.55. The minimum absolute atomic E-state index is 0.293. The molecular formula is C13H22N4O2. The molecule has 0 aromatic carbocycles. The third-order valence-electron chi connectivity index (χ3n) is 3.24. The van der Waals surface area contributed by atoms with E-state index < -0.39 is 0 Å². The van der Waals surface area contributed by atoms with E-state index in [1.807, 2.05) is 12.1 Å². The molecule has 2 heterocycles. The minimum Gasteiger partial charge on any atom is -0.399 e. The summed E-state index contributed by atoms with van der Waals surface area (Å²) in [5.41, 5.74) is 6.64. The average molecular weight is 266 g/mol. The Bertz CT molecular complexity index is 404. The number of anilines is 3. The number of aromatic nitrogens is 1. The second-order valence-electron chi connectivity index (χ2n) is 4.62. The lowest BCUT2D eigenvalue weighted by Crippen LogP contribution is -2.25. The molecule has 2 rings (SSSR count). The molecule has 0 amide bonds. The average Bonchev–Trinajstić information content (AvgIpc) is 2.93. The summed E-state index contributed by atoms with van der Waals surface area (Å²) in [7, 11) is 3.22. The fraction of sp³-hybridized carbons (Fsp3) is 0.615. The van der Waals surface area contributed by atoms with Crippen molar-refractivity contribution in [2.75, 3.05) is 49.8 Å². The predicted molar refractivity (Wildman–Crippen MR) is 76.4 cm³/mol. The molecule has 1 aliphatic heterocycles. The van der Waals surface area contributed by atoms with Crippen molar-refractivity contribution in [2.24, 2.45) is 0 Å². The summed E-state index contributed by atoms with van der Waals surface area (Å²) in [6, 6.07) is 3.74. The van der Waals surface area contributed by atoms with Crippen molar-refractivity contribution in [3.63, 3.8) is 0 Å². The van der Waals surface area contributed by atoms with Gasteiger partial charge in [0.1, 0.15) is 11.6 Å². The van der Waals surface area contributed by atoms with Gasteiger partial charge in [-0.05, 0) is 12.8 Å². The van der Waals surface area contributed by atoms with Crippen molar-refractivity contribution in [2.45, 2.75) is 19.1 Å². The lowest BCUT2D eigenvalue weighted by Gasteiger charge is -2.19. The molecule has 1 saturated heterocycles. The number of rotatable bonds is 6. The highest BCUT2D eigenvalue weighted by Crippen LogP contribution is 2.23. The Morgan fingerprint density at radius 3 is 2.63 bits per heavy atom. The van der Waals surface area contributed by atoms with Gasteiger partial charge in [-0.3, -0.25) is 0 Å². The molecule has 0 saturated carbocycles. The Hall–Kier alpha value is -1.53. The second-order valence-corrected chi connectivity index (χ2v) is 4.62. The number of nitrogens with one attached hydrogen (secondary N) is 1. The van der Waals surface area contributed by atoms with Crippen molar-refractivity contribution in [3.8, 4) is 0 Å². The quantitative estimate of drug-likeness (QED) is 0.756. The number of methoxy groups -OCH3 is 2. The van der Waals surface area contributed by atoms with E-state index in [0.717, 1.165) is 24.7 Å². The van der Waals surface area contributed by atoms with Gasteiger partial charge in [0.25, 0.3) is 0 Å². The number of ether oxygens (including phenoxy) is 2. The van der Waals surface area contributed by atoms with Crippen molar-refractivity contribution in [1.29, 1.82) is 0 Å². The third kappa shape index (κ3) is 3.71. The van der Waals surface area contributed by atoms with E-state index in [-0.39, 0.29) is 6.29 Å². The molecule has 1 aromatic rings. The van der Waals surface area contributed by atoms with Crippen molar-refractivity contribution in [1.82, 2.24) is 4.98 Å². The number of nitrogen functional groups attached to an aromatic ring is 1. The van der Waals surface area contributed by atoms with Gasteiger partial charge < -0.3 is 25.4 Å². The summed E-state index contributed by atoms with van der Waals surface area (Å²) >= 11 is 0.